The summed E-state index contributed by atoms with van der Waals surface area (Å²) in [5.74, 6) is 0. The van der Waals surface area contributed by atoms with E-state index in [4.69, 9.17) is 4.99 Å². The molecule has 0 saturated carbocycles. The van der Waals surface area contributed by atoms with E-state index in [-0.39, 0.29) is 6.04 Å². The van der Waals surface area contributed by atoms with Crippen molar-refractivity contribution in [2.75, 3.05) is 0 Å². The summed E-state index contributed by atoms with van der Waals surface area (Å²) in [4.78, 5) is 5.05. The van der Waals surface area contributed by atoms with Crippen LogP contribution in [0.25, 0.3) is 6.08 Å². The summed E-state index contributed by atoms with van der Waals surface area (Å²) >= 11 is 1.62. The summed E-state index contributed by atoms with van der Waals surface area (Å²) in [6, 6.07) is 17.8. The molecule has 2 heterocycles. The lowest BCUT2D eigenvalue weighted by molar-refractivity contribution is 0.361. The predicted octanol–water partition coefficient (Wildman–Crippen LogP) is 6.23. The Balaban J connectivity index is 1.62. The summed E-state index contributed by atoms with van der Waals surface area (Å²) in [7, 11) is 0. The highest BCUT2D eigenvalue weighted by atomic mass is 32.2. The van der Waals surface area contributed by atoms with Crippen molar-refractivity contribution in [3.63, 3.8) is 0 Å². The zero-order valence-electron chi connectivity index (χ0n) is 16.2. The lowest BCUT2D eigenvalue weighted by Gasteiger charge is -2.36. The first-order chi connectivity index (χ1) is 13.7. The first-order valence-corrected chi connectivity index (χ1v) is 10.7. The minimum Gasteiger partial charge on any atom is -0.230 e. The van der Waals surface area contributed by atoms with Crippen LogP contribution in [-0.2, 0) is 0 Å². The van der Waals surface area contributed by atoms with Crippen molar-refractivity contribution in [2.24, 2.45) is 10.1 Å². The average Bonchev–Trinajstić information content (AvgIpc) is 3.17. The Morgan fingerprint density at radius 2 is 1.68 bits per heavy atom. The molecule has 0 amide bonds. The number of aryl methyl sites for hydroxylation is 2. The molecule has 0 N–H and O–H groups in total. The predicted molar refractivity (Wildman–Crippen MR) is 119 cm³/mol. The topological polar surface area (TPSA) is 28.0 Å². The van der Waals surface area contributed by atoms with Gasteiger partial charge in [0.05, 0.1) is 11.2 Å². The molecule has 3 aliphatic rings. The number of fused-ring (bicyclic) bond motifs is 1. The fourth-order valence-corrected chi connectivity index (χ4v) is 4.79. The molecule has 0 radical (unpaired) electrons. The van der Waals surface area contributed by atoms with Crippen LogP contribution in [0.15, 0.2) is 75.5 Å². The number of rotatable bonds is 2. The molecular formula is C24H23N3S. The fourth-order valence-electron chi connectivity index (χ4n) is 4.14. The molecule has 0 fully saturated rings. The van der Waals surface area contributed by atoms with E-state index in [1.54, 1.807) is 11.8 Å². The Morgan fingerprint density at radius 1 is 0.964 bits per heavy atom. The Morgan fingerprint density at radius 3 is 2.43 bits per heavy atom. The maximum atomic E-state index is 5.05. The average molecular weight is 386 g/mol. The van der Waals surface area contributed by atoms with Gasteiger partial charge >= 0.3 is 0 Å². The van der Waals surface area contributed by atoms with Crippen molar-refractivity contribution in [3.05, 3.63) is 87.6 Å². The SMILES string of the molecule is Cc1ccc(/C=C2\CCCC3=C2N=C2SC=NN2C3c2ccc(C)cc2)cc1. The number of hydrogen-bond acceptors (Lipinski definition) is 4. The zero-order chi connectivity index (χ0) is 19.1. The van der Waals surface area contributed by atoms with E-state index in [0.29, 0.717) is 0 Å². The molecule has 0 spiro atoms. The highest BCUT2D eigenvalue weighted by Crippen LogP contribution is 2.46. The number of aliphatic imine (C=N–C) groups is 1. The van der Waals surface area contributed by atoms with Crippen molar-refractivity contribution in [3.8, 4) is 0 Å². The second-order valence-electron chi connectivity index (χ2n) is 7.70. The molecule has 140 valence electrons. The van der Waals surface area contributed by atoms with E-state index < -0.39 is 0 Å². The molecular weight excluding hydrogens is 362 g/mol. The number of nitrogens with zero attached hydrogens (tertiary/aromatic N) is 3. The molecule has 3 nitrogen and oxygen atoms in total. The van der Waals surface area contributed by atoms with Gasteiger partial charge in [-0.1, -0.05) is 59.7 Å². The van der Waals surface area contributed by atoms with Crippen LogP contribution in [0.2, 0.25) is 0 Å². The number of hydrogen-bond donors (Lipinski definition) is 0. The summed E-state index contributed by atoms with van der Waals surface area (Å²) in [6.07, 6.45) is 5.64. The van der Waals surface area contributed by atoms with Gasteiger partial charge in [0.1, 0.15) is 6.04 Å². The molecule has 0 aromatic heterocycles. The van der Waals surface area contributed by atoms with E-state index in [9.17, 15) is 0 Å². The standard InChI is InChI=1S/C24H23N3S/c1-16-6-10-18(11-7-16)14-20-4-3-5-21-22(20)26-24-27(25-15-28-24)23(21)19-12-8-17(2)9-13-19/h6-15,23H,3-5H2,1-2H3/b20-14+. The number of allylic oxidation sites excluding steroid dienone is 1. The lowest BCUT2D eigenvalue weighted by atomic mass is 9.83. The molecule has 4 heteroatoms. The third-order valence-electron chi connectivity index (χ3n) is 5.62. The second-order valence-corrected chi connectivity index (χ2v) is 8.51. The number of hydrazone groups is 1. The fraction of sp³-hybridized carbons (Fsp3) is 0.250. The van der Waals surface area contributed by atoms with E-state index in [1.165, 1.54) is 39.1 Å². The molecule has 5 rings (SSSR count). The monoisotopic (exact) mass is 385 g/mol. The molecule has 2 aromatic rings. The summed E-state index contributed by atoms with van der Waals surface area (Å²) in [5, 5.41) is 7.72. The number of amidine groups is 1. The summed E-state index contributed by atoms with van der Waals surface area (Å²) in [5.41, 5.74) is 11.0. The van der Waals surface area contributed by atoms with Gasteiger partial charge in [-0.2, -0.15) is 5.10 Å². The van der Waals surface area contributed by atoms with E-state index in [0.717, 1.165) is 24.4 Å². The number of benzene rings is 2. The van der Waals surface area contributed by atoms with Crippen LogP contribution in [-0.4, -0.2) is 15.7 Å². The van der Waals surface area contributed by atoms with E-state index in [2.05, 4.69) is 78.6 Å². The Hall–Kier alpha value is -2.59. The van der Waals surface area contributed by atoms with Gasteiger partial charge in [-0.25, -0.2) is 10.0 Å². The number of thioether (sulfide) groups is 1. The highest BCUT2D eigenvalue weighted by molar-refractivity contribution is 8.25. The first kappa shape index (κ1) is 17.5. The largest absolute Gasteiger partial charge is 0.230 e. The molecule has 0 bridgehead atoms. The summed E-state index contributed by atoms with van der Waals surface area (Å²) in [6.45, 7) is 4.26. The van der Waals surface area contributed by atoms with Gasteiger partial charge in [0.2, 0.25) is 0 Å². The molecule has 1 aliphatic carbocycles. The van der Waals surface area contributed by atoms with Gasteiger partial charge < -0.3 is 0 Å². The molecule has 28 heavy (non-hydrogen) atoms. The van der Waals surface area contributed by atoms with Crippen molar-refractivity contribution in [1.29, 1.82) is 0 Å². The molecule has 0 saturated heterocycles. The van der Waals surface area contributed by atoms with Crippen LogP contribution >= 0.6 is 11.8 Å². The third-order valence-corrected chi connectivity index (χ3v) is 6.31. The van der Waals surface area contributed by atoms with Crippen LogP contribution in [0.5, 0.6) is 0 Å². The van der Waals surface area contributed by atoms with Crippen molar-refractivity contribution in [1.82, 2.24) is 5.01 Å². The second kappa shape index (κ2) is 7.10. The Bertz CT molecular complexity index is 1030. The third kappa shape index (κ3) is 3.12. The molecule has 2 aliphatic heterocycles. The maximum absolute atomic E-state index is 5.05. The van der Waals surface area contributed by atoms with Gasteiger partial charge in [-0.15, -0.1) is 0 Å². The van der Waals surface area contributed by atoms with Crippen LogP contribution in [0.1, 0.15) is 47.6 Å². The zero-order valence-corrected chi connectivity index (χ0v) is 17.0. The van der Waals surface area contributed by atoms with Crippen molar-refractivity contribution in [2.45, 2.75) is 39.2 Å². The molecule has 2 aromatic carbocycles. The van der Waals surface area contributed by atoms with Crippen LogP contribution < -0.4 is 0 Å². The van der Waals surface area contributed by atoms with Gasteiger partial charge in [0.15, 0.2) is 5.17 Å². The minimum absolute atomic E-state index is 0.149. The van der Waals surface area contributed by atoms with E-state index in [1.807, 2.05) is 5.55 Å². The van der Waals surface area contributed by atoms with Crippen molar-refractivity contribution < 1.29 is 0 Å². The van der Waals surface area contributed by atoms with Gasteiger partial charge in [0, 0.05) is 0 Å². The van der Waals surface area contributed by atoms with Gasteiger partial charge in [0.25, 0.3) is 0 Å². The van der Waals surface area contributed by atoms with Crippen LogP contribution in [0, 0.1) is 13.8 Å². The van der Waals surface area contributed by atoms with Crippen LogP contribution in [0.4, 0.5) is 0 Å². The minimum atomic E-state index is 0.149. The van der Waals surface area contributed by atoms with Gasteiger partial charge in [-0.05, 0) is 73.2 Å². The Kier molecular flexibility index (Phi) is 4.44. The summed E-state index contributed by atoms with van der Waals surface area (Å²) < 4.78 is 0. The quantitative estimate of drug-likeness (QED) is 0.613. The normalized spacial score (nSPS) is 22.4. The Labute approximate surface area is 170 Å². The van der Waals surface area contributed by atoms with Gasteiger partial charge in [-0.3, -0.25) is 0 Å². The smallest absolute Gasteiger partial charge is 0.191 e. The molecule has 1 unspecified atom stereocenters. The molecule has 1 atom stereocenters. The van der Waals surface area contributed by atoms with Crippen molar-refractivity contribution >= 4 is 28.6 Å². The highest BCUT2D eigenvalue weighted by Gasteiger charge is 2.37. The van der Waals surface area contributed by atoms with Crippen LogP contribution in [0.3, 0.4) is 0 Å². The lowest BCUT2D eigenvalue weighted by Crippen LogP contribution is -2.32. The maximum Gasteiger partial charge on any atom is 0.191 e. The first-order valence-electron chi connectivity index (χ1n) is 9.83. The van der Waals surface area contributed by atoms with E-state index >= 15 is 0 Å².